The summed E-state index contributed by atoms with van der Waals surface area (Å²) in [7, 11) is -3.48. The molecular weight excluding hydrogens is 376 g/mol. The minimum Gasteiger partial charge on any atom is -0.342 e. The largest absolute Gasteiger partial charge is 0.342 e. The van der Waals surface area contributed by atoms with Gasteiger partial charge in [-0.3, -0.25) is 9.78 Å². The standard InChI is InChI=1S/C20H26N4O3S/c1-14(2)10-18(25)24-9-5-7-16(13-24)19-17(28(3,26)27)12-22-20(23-19)15-6-4-8-21-11-15/h4,6,8,11-12,14,16H,5,7,9-10,13H2,1-3H3/t16-/m0/s1. The Bertz CT molecular complexity index is 945. The molecular formula is C20H26N4O3S. The molecule has 28 heavy (non-hydrogen) atoms. The van der Waals surface area contributed by atoms with Crippen molar-refractivity contribution in [2.75, 3.05) is 19.3 Å². The van der Waals surface area contributed by atoms with Crippen molar-refractivity contribution in [3.63, 3.8) is 0 Å². The maximum atomic E-state index is 12.5. The van der Waals surface area contributed by atoms with Crippen LogP contribution in [0.3, 0.4) is 0 Å². The summed E-state index contributed by atoms with van der Waals surface area (Å²) in [6, 6.07) is 3.63. The number of pyridine rings is 1. The van der Waals surface area contributed by atoms with E-state index in [1.165, 1.54) is 12.5 Å². The van der Waals surface area contributed by atoms with E-state index in [2.05, 4.69) is 15.0 Å². The fourth-order valence-electron chi connectivity index (χ4n) is 3.50. The van der Waals surface area contributed by atoms with Gasteiger partial charge >= 0.3 is 0 Å². The lowest BCUT2D eigenvalue weighted by molar-refractivity contribution is -0.133. The zero-order valence-electron chi connectivity index (χ0n) is 16.5. The maximum Gasteiger partial charge on any atom is 0.222 e. The van der Waals surface area contributed by atoms with E-state index in [1.54, 1.807) is 18.5 Å². The molecule has 0 saturated carbocycles. The number of piperidine rings is 1. The molecule has 2 aromatic rings. The van der Waals surface area contributed by atoms with E-state index in [0.717, 1.165) is 18.4 Å². The van der Waals surface area contributed by atoms with Crippen LogP contribution in [0, 0.1) is 5.92 Å². The predicted molar refractivity (Wildman–Crippen MR) is 106 cm³/mol. The molecule has 0 radical (unpaired) electrons. The Hall–Kier alpha value is -2.35. The molecule has 0 spiro atoms. The van der Waals surface area contributed by atoms with Crippen LogP contribution < -0.4 is 0 Å². The lowest BCUT2D eigenvalue weighted by atomic mass is 9.93. The first-order valence-electron chi connectivity index (χ1n) is 9.51. The average Bonchev–Trinajstić information content (AvgIpc) is 2.67. The van der Waals surface area contributed by atoms with E-state index < -0.39 is 9.84 Å². The van der Waals surface area contributed by atoms with Crippen LogP contribution in [0.2, 0.25) is 0 Å². The molecule has 1 aliphatic heterocycles. The number of carbonyl (C=O) groups is 1. The average molecular weight is 403 g/mol. The van der Waals surface area contributed by atoms with Gasteiger partial charge in [0.25, 0.3) is 0 Å². The highest BCUT2D eigenvalue weighted by atomic mass is 32.2. The molecule has 2 aromatic heterocycles. The number of hydrogen-bond acceptors (Lipinski definition) is 6. The zero-order valence-corrected chi connectivity index (χ0v) is 17.3. The van der Waals surface area contributed by atoms with Gasteiger partial charge in [-0.1, -0.05) is 13.8 Å². The van der Waals surface area contributed by atoms with E-state index in [9.17, 15) is 13.2 Å². The number of likely N-dealkylation sites (tertiary alicyclic amines) is 1. The highest BCUT2D eigenvalue weighted by molar-refractivity contribution is 7.90. The second kappa shape index (κ2) is 8.34. The Morgan fingerprint density at radius 2 is 2.11 bits per heavy atom. The fourth-order valence-corrected chi connectivity index (χ4v) is 4.34. The molecule has 1 saturated heterocycles. The molecule has 0 aromatic carbocycles. The van der Waals surface area contributed by atoms with Crippen LogP contribution in [0.15, 0.2) is 35.6 Å². The van der Waals surface area contributed by atoms with Gasteiger partial charge in [0, 0.05) is 55.8 Å². The Labute approximate surface area is 166 Å². The van der Waals surface area contributed by atoms with Gasteiger partial charge in [-0.25, -0.2) is 18.4 Å². The second-order valence-electron chi connectivity index (χ2n) is 7.73. The van der Waals surface area contributed by atoms with Crippen LogP contribution in [0.1, 0.15) is 44.7 Å². The molecule has 0 bridgehead atoms. The van der Waals surface area contributed by atoms with Crippen molar-refractivity contribution in [1.82, 2.24) is 19.9 Å². The normalized spacial score (nSPS) is 17.7. The van der Waals surface area contributed by atoms with Gasteiger partial charge in [0.2, 0.25) is 5.91 Å². The molecule has 3 heterocycles. The van der Waals surface area contributed by atoms with Crippen molar-refractivity contribution in [2.24, 2.45) is 5.92 Å². The smallest absolute Gasteiger partial charge is 0.222 e. The lowest BCUT2D eigenvalue weighted by Gasteiger charge is -2.33. The number of aromatic nitrogens is 3. The second-order valence-corrected chi connectivity index (χ2v) is 9.72. The molecule has 0 N–H and O–H groups in total. The van der Waals surface area contributed by atoms with Crippen LogP contribution >= 0.6 is 0 Å². The molecule has 3 rings (SSSR count). The highest BCUT2D eigenvalue weighted by Gasteiger charge is 2.30. The van der Waals surface area contributed by atoms with Gasteiger partial charge in [0.1, 0.15) is 4.90 Å². The van der Waals surface area contributed by atoms with Crippen molar-refractivity contribution in [3.05, 3.63) is 36.4 Å². The van der Waals surface area contributed by atoms with Crippen molar-refractivity contribution in [2.45, 2.75) is 43.9 Å². The third kappa shape index (κ3) is 4.73. The summed E-state index contributed by atoms with van der Waals surface area (Å²) in [5.74, 6) is 0.715. The molecule has 1 fully saturated rings. The number of nitrogens with zero attached hydrogens (tertiary/aromatic N) is 4. The van der Waals surface area contributed by atoms with Crippen LogP contribution in [0.5, 0.6) is 0 Å². The van der Waals surface area contributed by atoms with E-state index in [1.807, 2.05) is 24.8 Å². The predicted octanol–water partition coefficient (Wildman–Crippen LogP) is 2.69. The van der Waals surface area contributed by atoms with Crippen molar-refractivity contribution < 1.29 is 13.2 Å². The maximum absolute atomic E-state index is 12.5. The Morgan fingerprint density at radius 3 is 2.75 bits per heavy atom. The van der Waals surface area contributed by atoms with Gasteiger partial charge in [0.15, 0.2) is 15.7 Å². The van der Waals surface area contributed by atoms with Crippen LogP contribution in [-0.2, 0) is 14.6 Å². The van der Waals surface area contributed by atoms with E-state index in [-0.39, 0.29) is 22.6 Å². The van der Waals surface area contributed by atoms with Gasteiger partial charge in [-0.2, -0.15) is 0 Å². The summed E-state index contributed by atoms with van der Waals surface area (Å²) in [6.07, 6.45) is 7.98. The number of hydrogen-bond donors (Lipinski definition) is 0. The van der Waals surface area contributed by atoms with Gasteiger partial charge in [0.05, 0.1) is 5.69 Å². The minimum atomic E-state index is -3.48. The number of carbonyl (C=O) groups excluding carboxylic acids is 1. The summed E-state index contributed by atoms with van der Waals surface area (Å²) in [5, 5.41) is 0. The first kappa shape index (κ1) is 20.4. The quantitative estimate of drug-likeness (QED) is 0.763. The van der Waals surface area contributed by atoms with Gasteiger partial charge < -0.3 is 4.90 Å². The van der Waals surface area contributed by atoms with Crippen molar-refractivity contribution >= 4 is 15.7 Å². The highest BCUT2D eigenvalue weighted by Crippen LogP contribution is 2.31. The van der Waals surface area contributed by atoms with E-state index >= 15 is 0 Å². The van der Waals surface area contributed by atoms with E-state index in [0.29, 0.717) is 31.0 Å². The first-order chi connectivity index (χ1) is 13.3. The van der Waals surface area contributed by atoms with Crippen LogP contribution in [0.25, 0.3) is 11.4 Å². The molecule has 1 atom stereocenters. The molecule has 8 heteroatoms. The number of rotatable bonds is 5. The third-order valence-corrected chi connectivity index (χ3v) is 5.96. The third-order valence-electron chi connectivity index (χ3n) is 4.85. The molecule has 0 unspecified atom stereocenters. The summed E-state index contributed by atoms with van der Waals surface area (Å²) in [4.78, 5) is 27.5. The topological polar surface area (TPSA) is 93.1 Å². The SMILES string of the molecule is CC(C)CC(=O)N1CCC[C@H](c2nc(-c3cccnc3)ncc2S(C)(=O)=O)C1. The fraction of sp³-hybridized carbons (Fsp3) is 0.500. The van der Waals surface area contributed by atoms with E-state index in [4.69, 9.17) is 0 Å². The Kier molecular flexibility index (Phi) is 6.07. The summed E-state index contributed by atoms with van der Waals surface area (Å²) in [6.45, 7) is 5.23. The number of sulfone groups is 1. The van der Waals surface area contributed by atoms with Crippen molar-refractivity contribution in [3.8, 4) is 11.4 Å². The first-order valence-corrected chi connectivity index (χ1v) is 11.4. The molecule has 1 aliphatic rings. The zero-order chi connectivity index (χ0) is 20.3. The summed E-state index contributed by atoms with van der Waals surface area (Å²) < 4.78 is 24.7. The van der Waals surface area contributed by atoms with Gasteiger partial charge in [-0.05, 0) is 30.9 Å². The molecule has 1 amide bonds. The van der Waals surface area contributed by atoms with Gasteiger partial charge in [-0.15, -0.1) is 0 Å². The number of amides is 1. The van der Waals surface area contributed by atoms with Crippen LogP contribution in [0.4, 0.5) is 0 Å². The molecule has 150 valence electrons. The Morgan fingerprint density at radius 1 is 1.32 bits per heavy atom. The molecule has 0 aliphatic carbocycles. The Balaban J connectivity index is 1.97. The monoisotopic (exact) mass is 402 g/mol. The lowest BCUT2D eigenvalue weighted by Crippen LogP contribution is -2.40. The summed E-state index contributed by atoms with van der Waals surface area (Å²) >= 11 is 0. The summed E-state index contributed by atoms with van der Waals surface area (Å²) in [5.41, 5.74) is 1.23. The van der Waals surface area contributed by atoms with Crippen LogP contribution in [-0.4, -0.2) is 53.5 Å². The minimum absolute atomic E-state index is 0.113. The molecule has 7 nitrogen and oxygen atoms in total. The van der Waals surface area contributed by atoms with Crippen molar-refractivity contribution in [1.29, 1.82) is 0 Å².